The van der Waals surface area contributed by atoms with E-state index >= 15 is 0 Å². The van der Waals surface area contributed by atoms with Gasteiger partial charge in [0.05, 0.1) is 22.0 Å². The number of aromatic nitrogens is 4. The zero-order valence-electron chi connectivity index (χ0n) is 26.2. The summed E-state index contributed by atoms with van der Waals surface area (Å²) in [7, 11) is 0. The van der Waals surface area contributed by atoms with E-state index in [-0.39, 0.29) is 0 Å². The van der Waals surface area contributed by atoms with E-state index in [1.54, 1.807) is 6.33 Å². The van der Waals surface area contributed by atoms with Crippen LogP contribution in [0.3, 0.4) is 0 Å². The Morgan fingerprint density at radius 2 is 1.43 bits per heavy atom. The number of rotatable bonds is 8. The van der Waals surface area contributed by atoms with Gasteiger partial charge >= 0.3 is 0 Å². The van der Waals surface area contributed by atoms with E-state index in [0.29, 0.717) is 6.04 Å². The van der Waals surface area contributed by atoms with E-state index in [1.165, 1.54) is 15.5 Å². The highest BCUT2D eigenvalue weighted by atomic mass is 32.2. The number of thiophene rings is 1. The molecule has 0 aliphatic carbocycles. The summed E-state index contributed by atoms with van der Waals surface area (Å²) in [6, 6.07) is 43.5. The second-order valence-electron chi connectivity index (χ2n) is 12.0. The molecule has 0 saturated carbocycles. The summed E-state index contributed by atoms with van der Waals surface area (Å²) in [5.41, 5.74) is 5.88. The van der Waals surface area contributed by atoms with E-state index in [0.717, 1.165) is 63.9 Å². The average molecular weight is 650 g/mol. The summed E-state index contributed by atoms with van der Waals surface area (Å²) < 4.78 is 3.49. The number of thioether (sulfide) groups is 1. The Labute approximate surface area is 284 Å². The summed E-state index contributed by atoms with van der Waals surface area (Å²) in [6.07, 6.45) is 11.6. The Balaban J connectivity index is 1.26. The van der Waals surface area contributed by atoms with Crippen molar-refractivity contribution in [3.05, 3.63) is 162 Å². The van der Waals surface area contributed by atoms with Gasteiger partial charge in [-0.25, -0.2) is 9.97 Å². The third kappa shape index (κ3) is 5.33. The predicted octanol–water partition coefficient (Wildman–Crippen LogP) is 9.85. The fraction of sp³-hybridized carbons (Fsp3) is 0.175. The van der Waals surface area contributed by atoms with Crippen molar-refractivity contribution in [3.8, 4) is 11.1 Å². The second kappa shape index (κ2) is 12.8. The molecule has 0 radical (unpaired) electrons. The van der Waals surface area contributed by atoms with E-state index in [9.17, 15) is 0 Å². The molecule has 7 aromatic rings. The van der Waals surface area contributed by atoms with Crippen LogP contribution in [0.4, 0.5) is 5.82 Å². The van der Waals surface area contributed by atoms with Gasteiger partial charge in [-0.1, -0.05) is 97.1 Å². The second-order valence-corrected chi connectivity index (χ2v) is 14.2. The molecule has 47 heavy (non-hydrogen) atoms. The summed E-state index contributed by atoms with van der Waals surface area (Å²) in [4.78, 5) is 13.5. The summed E-state index contributed by atoms with van der Waals surface area (Å²) >= 11 is 3.73. The van der Waals surface area contributed by atoms with Crippen molar-refractivity contribution in [3.63, 3.8) is 0 Å². The molecule has 1 fully saturated rings. The van der Waals surface area contributed by atoms with Gasteiger partial charge in [0.15, 0.2) is 0 Å². The number of anilines is 1. The van der Waals surface area contributed by atoms with Gasteiger partial charge in [0.2, 0.25) is 0 Å². The van der Waals surface area contributed by atoms with Crippen LogP contribution in [0.15, 0.2) is 144 Å². The monoisotopic (exact) mass is 649 g/mol. The number of nitrogens with zero attached hydrogens (tertiary/aromatic N) is 5. The molecule has 5 nitrogen and oxygen atoms in total. The highest BCUT2D eigenvalue weighted by molar-refractivity contribution is 8.00. The minimum Gasteiger partial charge on any atom is -0.348 e. The van der Waals surface area contributed by atoms with Crippen molar-refractivity contribution >= 4 is 39.8 Å². The predicted molar refractivity (Wildman–Crippen MR) is 195 cm³/mol. The van der Waals surface area contributed by atoms with Crippen LogP contribution in [0.1, 0.15) is 46.9 Å². The maximum absolute atomic E-state index is 5.12. The van der Waals surface area contributed by atoms with Crippen molar-refractivity contribution in [2.75, 3.05) is 17.7 Å². The molecule has 0 spiro atoms. The fourth-order valence-corrected chi connectivity index (χ4v) is 8.86. The number of hydrogen-bond acceptors (Lipinski definition) is 6. The Morgan fingerprint density at radius 1 is 0.745 bits per heavy atom. The van der Waals surface area contributed by atoms with Gasteiger partial charge in [-0.3, -0.25) is 4.68 Å². The van der Waals surface area contributed by atoms with Crippen molar-refractivity contribution in [2.24, 2.45) is 0 Å². The van der Waals surface area contributed by atoms with Gasteiger partial charge in [0, 0.05) is 28.6 Å². The lowest BCUT2D eigenvalue weighted by atomic mass is 9.77. The molecule has 7 heteroatoms. The van der Waals surface area contributed by atoms with Crippen LogP contribution < -0.4 is 4.90 Å². The van der Waals surface area contributed by atoms with Crippen LogP contribution in [0, 0.1) is 0 Å². The topological polar surface area (TPSA) is 46.8 Å². The third-order valence-electron chi connectivity index (χ3n) is 9.36. The van der Waals surface area contributed by atoms with Gasteiger partial charge in [0.1, 0.15) is 17.7 Å². The molecule has 0 amide bonds. The van der Waals surface area contributed by atoms with Gasteiger partial charge in [-0.05, 0) is 72.0 Å². The van der Waals surface area contributed by atoms with E-state index in [4.69, 9.17) is 15.1 Å². The van der Waals surface area contributed by atoms with E-state index in [1.807, 2.05) is 29.3 Å². The lowest BCUT2D eigenvalue weighted by Gasteiger charge is -2.36. The standard InChI is InChI=1S/C40H35N5S2/c1-46-38-23-22-37(47-38)36-19-11-12-24-44(36)39-34-25-29(20-21-35(34)41-28-42-39)30-26-43-45(27-30)40(31-13-5-2-6-14-31,32-15-7-3-8-16-32)33-17-9-4-10-18-33/h2-10,13-18,20-23,25-28,36H,11-12,19,24H2,1H3. The summed E-state index contributed by atoms with van der Waals surface area (Å²) in [5, 5.41) is 6.20. The maximum Gasteiger partial charge on any atom is 0.140 e. The Bertz CT molecular complexity index is 2010. The smallest absolute Gasteiger partial charge is 0.140 e. The zero-order chi connectivity index (χ0) is 31.6. The first-order chi connectivity index (χ1) is 23.3. The molecular formula is C40H35N5S2. The Morgan fingerprint density at radius 3 is 2.06 bits per heavy atom. The average Bonchev–Trinajstić information content (AvgIpc) is 3.84. The SMILES string of the molecule is CSc1ccc(C2CCCCN2c2ncnc3ccc(-c4cnn(C(c5ccccc5)(c5ccccc5)c5ccccc5)c4)cc23)s1. The quantitative estimate of drug-likeness (QED) is 0.121. The molecule has 4 aromatic carbocycles. The molecule has 1 aliphatic rings. The zero-order valence-corrected chi connectivity index (χ0v) is 27.9. The minimum absolute atomic E-state index is 0.322. The molecular weight excluding hydrogens is 615 g/mol. The van der Waals surface area contributed by atoms with Crippen LogP contribution in [-0.4, -0.2) is 32.5 Å². The first-order valence-corrected chi connectivity index (χ1v) is 18.2. The lowest BCUT2D eigenvalue weighted by molar-refractivity contribution is 0.460. The Kier molecular flexibility index (Phi) is 8.09. The Hall–Kier alpha value is -4.72. The molecule has 0 bridgehead atoms. The van der Waals surface area contributed by atoms with Gasteiger partial charge < -0.3 is 4.90 Å². The van der Waals surface area contributed by atoms with Gasteiger partial charge in [-0.2, -0.15) is 5.10 Å². The molecule has 3 aromatic heterocycles. The van der Waals surface area contributed by atoms with Gasteiger partial charge in [0.25, 0.3) is 0 Å². The molecule has 1 aliphatic heterocycles. The third-order valence-corrected chi connectivity index (χ3v) is 11.6. The lowest BCUT2D eigenvalue weighted by Crippen LogP contribution is -2.38. The molecule has 8 rings (SSSR count). The van der Waals surface area contributed by atoms with E-state index in [2.05, 4.69) is 143 Å². The van der Waals surface area contributed by atoms with Crippen LogP contribution in [0.25, 0.3) is 22.0 Å². The molecule has 1 saturated heterocycles. The molecule has 0 N–H and O–H groups in total. The van der Waals surface area contributed by atoms with Crippen molar-refractivity contribution in [1.29, 1.82) is 0 Å². The van der Waals surface area contributed by atoms with Crippen molar-refractivity contribution < 1.29 is 0 Å². The van der Waals surface area contributed by atoms with Crippen LogP contribution in [0.5, 0.6) is 0 Å². The highest BCUT2D eigenvalue weighted by Crippen LogP contribution is 2.43. The van der Waals surface area contributed by atoms with Crippen LogP contribution >= 0.6 is 23.1 Å². The normalized spacial score (nSPS) is 15.3. The van der Waals surface area contributed by atoms with Crippen LogP contribution in [-0.2, 0) is 5.54 Å². The summed E-state index contributed by atoms with van der Waals surface area (Å²) in [6.45, 7) is 0.985. The molecule has 1 unspecified atom stereocenters. The minimum atomic E-state index is -0.662. The van der Waals surface area contributed by atoms with E-state index < -0.39 is 5.54 Å². The molecule has 232 valence electrons. The fourth-order valence-electron chi connectivity index (χ4n) is 7.15. The molecule has 1 atom stereocenters. The number of benzene rings is 4. The van der Waals surface area contributed by atoms with Crippen molar-refractivity contribution in [1.82, 2.24) is 19.7 Å². The maximum atomic E-state index is 5.12. The van der Waals surface area contributed by atoms with Crippen molar-refractivity contribution in [2.45, 2.75) is 35.1 Å². The number of piperidine rings is 1. The largest absolute Gasteiger partial charge is 0.348 e. The number of fused-ring (bicyclic) bond motifs is 1. The highest BCUT2D eigenvalue weighted by Gasteiger charge is 2.39. The first-order valence-electron chi connectivity index (χ1n) is 16.1. The first kappa shape index (κ1) is 29.7. The van der Waals surface area contributed by atoms with Crippen LogP contribution in [0.2, 0.25) is 0 Å². The molecule has 4 heterocycles. The summed E-state index contributed by atoms with van der Waals surface area (Å²) in [5.74, 6) is 1.01. The van der Waals surface area contributed by atoms with Gasteiger partial charge in [-0.15, -0.1) is 23.1 Å². The number of hydrogen-bond donors (Lipinski definition) is 0.